The lowest BCUT2D eigenvalue weighted by molar-refractivity contribution is -0.140. The van der Waals surface area contributed by atoms with E-state index in [-0.39, 0.29) is 5.82 Å². The molecule has 12 heteroatoms. The summed E-state index contributed by atoms with van der Waals surface area (Å²) in [5.74, 6) is 2.03. The number of ether oxygens (including phenoxy) is 1. The number of halogens is 3. The molecule has 2 aliphatic carbocycles. The zero-order valence-corrected chi connectivity index (χ0v) is 22.7. The fraction of sp³-hybridized carbons (Fsp3) is 0.379. The van der Waals surface area contributed by atoms with Crippen molar-refractivity contribution in [2.75, 3.05) is 12.4 Å². The van der Waals surface area contributed by atoms with Gasteiger partial charge in [0.1, 0.15) is 23.5 Å². The molecule has 0 radical (unpaired) electrons. The lowest BCUT2D eigenvalue weighted by atomic mass is 10.1. The van der Waals surface area contributed by atoms with Gasteiger partial charge in [-0.05, 0) is 44.1 Å². The number of imidazole rings is 1. The van der Waals surface area contributed by atoms with Gasteiger partial charge >= 0.3 is 6.18 Å². The molecule has 1 saturated carbocycles. The molecular formula is C29H29F3N8O. The van der Waals surface area contributed by atoms with Gasteiger partial charge in [0.2, 0.25) is 5.88 Å². The summed E-state index contributed by atoms with van der Waals surface area (Å²) >= 11 is 0. The molecule has 41 heavy (non-hydrogen) atoms. The molecule has 0 saturated heterocycles. The molecule has 0 aliphatic heterocycles. The summed E-state index contributed by atoms with van der Waals surface area (Å²) in [6, 6.07) is 7.19. The zero-order chi connectivity index (χ0) is 28.7. The highest BCUT2D eigenvalue weighted by molar-refractivity contribution is 6.03. The molecule has 6 rings (SSSR count). The van der Waals surface area contributed by atoms with Crippen LogP contribution in [-0.2, 0) is 26.2 Å². The second-order valence-electron chi connectivity index (χ2n) is 10.4. The van der Waals surface area contributed by atoms with E-state index in [4.69, 9.17) is 20.1 Å². The van der Waals surface area contributed by atoms with Crippen LogP contribution in [0.1, 0.15) is 66.2 Å². The Labute approximate surface area is 234 Å². The van der Waals surface area contributed by atoms with Gasteiger partial charge in [-0.1, -0.05) is 24.3 Å². The maximum absolute atomic E-state index is 13.1. The van der Waals surface area contributed by atoms with E-state index in [1.165, 1.54) is 10.9 Å². The Morgan fingerprint density at radius 3 is 2.46 bits per heavy atom. The Hall–Kier alpha value is -4.35. The largest absolute Gasteiger partial charge is 0.480 e. The average molecular weight is 563 g/mol. The SMILES string of the molecule is COc1ncnc(C2CC2)c1-c1nc2c(c(NCc3ccc(-c4nc(C(F)(F)F)cn4C)cc3)n1)C(=N)CCCC2. The zero-order valence-electron chi connectivity index (χ0n) is 22.7. The minimum Gasteiger partial charge on any atom is -0.480 e. The van der Waals surface area contributed by atoms with Crippen molar-refractivity contribution < 1.29 is 17.9 Å². The lowest BCUT2D eigenvalue weighted by Crippen LogP contribution is -2.14. The molecule has 3 heterocycles. The molecule has 0 bridgehead atoms. The van der Waals surface area contributed by atoms with Gasteiger partial charge < -0.3 is 20.0 Å². The number of rotatable bonds is 7. The molecule has 3 aromatic heterocycles. The normalized spacial score (nSPS) is 15.4. The third-order valence-electron chi connectivity index (χ3n) is 7.44. The van der Waals surface area contributed by atoms with Gasteiger partial charge in [0.05, 0.1) is 24.1 Å². The van der Waals surface area contributed by atoms with E-state index in [0.29, 0.717) is 53.2 Å². The smallest absolute Gasteiger partial charge is 0.434 e. The van der Waals surface area contributed by atoms with Crippen molar-refractivity contribution in [2.45, 2.75) is 57.2 Å². The first-order chi connectivity index (χ1) is 19.7. The minimum atomic E-state index is -4.50. The highest BCUT2D eigenvalue weighted by Gasteiger charge is 2.35. The van der Waals surface area contributed by atoms with Crippen LogP contribution >= 0.6 is 0 Å². The topological polar surface area (TPSA) is 114 Å². The minimum absolute atomic E-state index is 0.238. The lowest BCUT2D eigenvalue weighted by Gasteiger charge is -2.17. The first kappa shape index (κ1) is 26.9. The van der Waals surface area contributed by atoms with Crippen LogP contribution in [0.5, 0.6) is 5.88 Å². The summed E-state index contributed by atoms with van der Waals surface area (Å²) in [4.78, 5) is 22.5. The highest BCUT2D eigenvalue weighted by Crippen LogP contribution is 2.45. The van der Waals surface area contributed by atoms with Crippen molar-refractivity contribution in [3.63, 3.8) is 0 Å². The number of hydrogen-bond donors (Lipinski definition) is 2. The van der Waals surface area contributed by atoms with Crippen LogP contribution in [0, 0.1) is 5.41 Å². The third kappa shape index (κ3) is 5.38. The summed E-state index contributed by atoms with van der Waals surface area (Å²) < 4.78 is 46.3. The van der Waals surface area contributed by atoms with E-state index in [1.807, 2.05) is 12.1 Å². The van der Waals surface area contributed by atoms with Gasteiger partial charge in [-0.15, -0.1) is 0 Å². The van der Waals surface area contributed by atoms with Crippen molar-refractivity contribution in [3.8, 4) is 28.7 Å². The summed E-state index contributed by atoms with van der Waals surface area (Å²) in [5, 5.41) is 12.1. The number of aromatic nitrogens is 6. The van der Waals surface area contributed by atoms with E-state index in [9.17, 15) is 13.2 Å². The molecule has 212 valence electrons. The fourth-order valence-corrected chi connectivity index (χ4v) is 5.21. The van der Waals surface area contributed by atoms with Crippen molar-refractivity contribution in [1.29, 1.82) is 5.41 Å². The predicted molar refractivity (Wildman–Crippen MR) is 147 cm³/mol. The average Bonchev–Trinajstić information content (AvgIpc) is 3.76. The Balaban J connectivity index is 1.32. The summed E-state index contributed by atoms with van der Waals surface area (Å²) in [7, 11) is 3.11. The maximum Gasteiger partial charge on any atom is 0.434 e. The first-order valence-corrected chi connectivity index (χ1v) is 13.5. The maximum atomic E-state index is 13.1. The van der Waals surface area contributed by atoms with Crippen LogP contribution in [0.25, 0.3) is 22.8 Å². The van der Waals surface area contributed by atoms with Crippen LogP contribution in [0.4, 0.5) is 19.0 Å². The predicted octanol–water partition coefficient (Wildman–Crippen LogP) is 5.95. The molecule has 9 nitrogen and oxygen atoms in total. The fourth-order valence-electron chi connectivity index (χ4n) is 5.21. The van der Waals surface area contributed by atoms with Gasteiger partial charge in [0.15, 0.2) is 11.5 Å². The van der Waals surface area contributed by atoms with Gasteiger partial charge in [-0.3, -0.25) is 0 Å². The van der Waals surface area contributed by atoms with Gasteiger partial charge in [0.25, 0.3) is 0 Å². The molecule has 2 aliphatic rings. The monoisotopic (exact) mass is 562 g/mol. The van der Waals surface area contributed by atoms with Gasteiger partial charge in [-0.25, -0.2) is 24.9 Å². The second kappa shape index (κ2) is 10.6. The number of fused-ring (bicyclic) bond motifs is 1. The van der Waals surface area contributed by atoms with Crippen molar-refractivity contribution in [3.05, 3.63) is 65.0 Å². The molecule has 0 amide bonds. The van der Waals surface area contributed by atoms with E-state index in [0.717, 1.165) is 60.8 Å². The standard InChI is InChI=1S/C29H29F3N8O/c1-40-14-21(29(30,31)32)38-27(40)18-9-7-16(8-10-18)13-34-25-22-19(33)5-3-4-6-20(22)37-26(39-25)23-24(17-11-12-17)35-15-36-28(23)41-2/h7-10,14-15,17,33H,3-6,11-13H2,1-2H3,(H,34,37,39). The van der Waals surface area contributed by atoms with Crippen LogP contribution in [0.2, 0.25) is 0 Å². The molecule has 0 spiro atoms. The van der Waals surface area contributed by atoms with Gasteiger partial charge in [0, 0.05) is 37.0 Å². The Morgan fingerprint density at radius 1 is 1.02 bits per heavy atom. The quantitative estimate of drug-likeness (QED) is 0.268. The highest BCUT2D eigenvalue weighted by atomic mass is 19.4. The Morgan fingerprint density at radius 2 is 1.78 bits per heavy atom. The molecule has 4 aromatic rings. The summed E-state index contributed by atoms with van der Waals surface area (Å²) in [5.41, 5.74) is 4.16. The van der Waals surface area contributed by atoms with E-state index in [1.54, 1.807) is 26.3 Å². The number of nitrogens with zero attached hydrogens (tertiary/aromatic N) is 6. The summed E-state index contributed by atoms with van der Waals surface area (Å²) in [6.45, 7) is 0.392. The Bertz CT molecular complexity index is 1610. The number of aryl methyl sites for hydroxylation is 2. The molecule has 1 fully saturated rings. The number of alkyl halides is 3. The number of benzene rings is 1. The Kier molecular flexibility index (Phi) is 6.92. The van der Waals surface area contributed by atoms with Crippen molar-refractivity contribution in [1.82, 2.24) is 29.5 Å². The molecule has 0 unspecified atom stereocenters. The van der Waals surface area contributed by atoms with Crippen LogP contribution < -0.4 is 10.1 Å². The van der Waals surface area contributed by atoms with Crippen molar-refractivity contribution in [2.24, 2.45) is 7.05 Å². The van der Waals surface area contributed by atoms with E-state index in [2.05, 4.69) is 20.3 Å². The van der Waals surface area contributed by atoms with Gasteiger partial charge in [-0.2, -0.15) is 13.2 Å². The number of anilines is 1. The number of nitrogens with one attached hydrogen (secondary N) is 2. The molecule has 0 atom stereocenters. The van der Waals surface area contributed by atoms with Crippen LogP contribution in [-0.4, -0.2) is 42.3 Å². The number of hydrogen-bond acceptors (Lipinski definition) is 8. The third-order valence-corrected chi connectivity index (χ3v) is 7.44. The van der Waals surface area contributed by atoms with Crippen LogP contribution in [0.3, 0.4) is 0 Å². The molecule has 1 aromatic carbocycles. The molecular weight excluding hydrogens is 533 g/mol. The number of methoxy groups -OCH3 is 1. The van der Waals surface area contributed by atoms with Crippen molar-refractivity contribution >= 4 is 11.5 Å². The van der Waals surface area contributed by atoms with Crippen LogP contribution in [0.15, 0.2) is 36.8 Å². The van der Waals surface area contributed by atoms with E-state index >= 15 is 0 Å². The second-order valence-corrected chi connectivity index (χ2v) is 10.4. The first-order valence-electron chi connectivity index (χ1n) is 13.5. The molecule has 2 N–H and O–H groups in total. The van der Waals surface area contributed by atoms with E-state index < -0.39 is 11.9 Å². The summed E-state index contributed by atoms with van der Waals surface area (Å²) in [6.07, 6.45) is 3.28.